The van der Waals surface area contributed by atoms with Crippen LogP contribution in [-0.4, -0.2) is 18.2 Å². The molecule has 0 atom stereocenters. The Hall–Kier alpha value is -1.53. The molecule has 0 amide bonds. The van der Waals surface area contributed by atoms with E-state index in [2.05, 4.69) is 15.9 Å². The second-order valence-electron chi connectivity index (χ2n) is 3.82. The van der Waals surface area contributed by atoms with E-state index in [-0.39, 0.29) is 21.6 Å². The Morgan fingerprint density at radius 1 is 1.35 bits per heavy atom. The number of carbonyl (C=O) groups excluding carboxylic acids is 1. The number of halogens is 1. The molecule has 0 spiro atoms. The van der Waals surface area contributed by atoms with Gasteiger partial charge in [-0.3, -0.25) is 4.79 Å². The lowest BCUT2D eigenvalue weighted by Gasteiger charge is -2.06. The largest absolute Gasteiger partial charge is 0.449 e. The Morgan fingerprint density at radius 3 is 2.70 bits per heavy atom. The smallest absolute Gasteiger partial charge is 0.376 e. The molecule has 6 heteroatoms. The summed E-state index contributed by atoms with van der Waals surface area (Å²) in [5.41, 5.74) is 0.391. The van der Waals surface area contributed by atoms with Crippen LogP contribution >= 0.6 is 27.7 Å². The van der Waals surface area contributed by atoms with E-state index in [0.717, 1.165) is 5.56 Å². The second-order valence-corrected chi connectivity index (χ2v) is 5.43. The van der Waals surface area contributed by atoms with Crippen molar-refractivity contribution >= 4 is 33.7 Å². The highest BCUT2D eigenvalue weighted by Gasteiger charge is 2.19. The Labute approximate surface area is 128 Å². The minimum absolute atomic E-state index is 0.0725. The summed E-state index contributed by atoms with van der Waals surface area (Å²) in [6.45, 7) is 0. The molecule has 1 aromatic heterocycles. The Kier molecular flexibility index (Phi) is 5.03. The summed E-state index contributed by atoms with van der Waals surface area (Å²) < 4.78 is 10.5. The molecule has 0 aliphatic carbocycles. The first kappa shape index (κ1) is 14.9. The van der Waals surface area contributed by atoms with Gasteiger partial charge in [-0.1, -0.05) is 30.3 Å². The van der Waals surface area contributed by atoms with Crippen LogP contribution in [0.25, 0.3) is 11.3 Å². The van der Waals surface area contributed by atoms with Crippen LogP contribution in [-0.2, 0) is 4.74 Å². The quantitative estimate of drug-likeness (QED) is 0.620. The average molecular weight is 355 g/mol. The molecule has 4 nitrogen and oxygen atoms in total. The van der Waals surface area contributed by atoms with E-state index in [9.17, 15) is 9.59 Å². The maximum absolute atomic E-state index is 11.9. The highest BCUT2D eigenvalue weighted by atomic mass is 79.9. The van der Waals surface area contributed by atoms with Crippen molar-refractivity contribution in [1.82, 2.24) is 0 Å². The first-order valence-electron chi connectivity index (χ1n) is 5.68. The van der Waals surface area contributed by atoms with Crippen molar-refractivity contribution in [2.24, 2.45) is 0 Å². The van der Waals surface area contributed by atoms with Crippen molar-refractivity contribution in [3.05, 3.63) is 56.9 Å². The predicted octanol–water partition coefficient (Wildman–Crippen LogP) is 3.55. The van der Waals surface area contributed by atoms with Gasteiger partial charge in [0, 0.05) is 11.6 Å². The molecule has 0 unspecified atom stereocenters. The third-order valence-electron chi connectivity index (χ3n) is 2.44. The summed E-state index contributed by atoms with van der Waals surface area (Å²) in [5.74, 6) is -0.258. The molecule has 20 heavy (non-hydrogen) atoms. The Balaban J connectivity index is 2.45. The molecular weight excluding hydrogens is 344 g/mol. The highest BCUT2D eigenvalue weighted by molar-refractivity contribution is 9.10. The maximum Gasteiger partial charge on any atom is 0.376 e. The lowest BCUT2D eigenvalue weighted by Crippen LogP contribution is -2.12. The summed E-state index contributed by atoms with van der Waals surface area (Å²) >= 11 is 4.42. The normalized spacial score (nSPS) is 10.3. The molecular formula is C14H11BrO4S. The Morgan fingerprint density at radius 2 is 2.05 bits per heavy atom. The fourth-order valence-corrected chi connectivity index (χ4v) is 2.11. The third-order valence-corrected chi connectivity index (χ3v) is 3.55. The molecule has 0 aliphatic heterocycles. The monoisotopic (exact) mass is 354 g/mol. The molecule has 0 aliphatic rings. The molecule has 2 rings (SSSR count). The molecule has 2 aromatic rings. The molecule has 0 saturated carbocycles. The fraction of sp³-hybridized carbons (Fsp3) is 0.143. The molecule has 104 valence electrons. The predicted molar refractivity (Wildman–Crippen MR) is 81.9 cm³/mol. The zero-order chi connectivity index (χ0) is 14.5. The summed E-state index contributed by atoms with van der Waals surface area (Å²) in [6.07, 6.45) is 1.80. The number of thioether (sulfide) groups is 1. The zero-order valence-corrected chi connectivity index (χ0v) is 13.0. The van der Waals surface area contributed by atoms with Gasteiger partial charge in [-0.15, -0.1) is 11.8 Å². The number of rotatable bonds is 4. The zero-order valence-electron chi connectivity index (χ0n) is 10.6. The molecule has 1 heterocycles. The summed E-state index contributed by atoms with van der Waals surface area (Å²) in [4.78, 5) is 23.8. The van der Waals surface area contributed by atoms with E-state index in [1.165, 1.54) is 17.8 Å². The first-order valence-corrected chi connectivity index (χ1v) is 7.87. The van der Waals surface area contributed by atoms with Crippen molar-refractivity contribution < 1.29 is 13.9 Å². The molecule has 0 radical (unpaired) electrons. The lowest BCUT2D eigenvalue weighted by atomic mass is 10.1. The lowest BCUT2D eigenvalue weighted by molar-refractivity contribution is 0.0540. The van der Waals surface area contributed by atoms with Crippen LogP contribution in [0, 0.1) is 0 Å². The van der Waals surface area contributed by atoms with E-state index in [1.807, 2.05) is 18.2 Å². The van der Waals surface area contributed by atoms with Crippen LogP contribution in [0.15, 0.2) is 50.1 Å². The van der Waals surface area contributed by atoms with Gasteiger partial charge in [0.15, 0.2) is 0 Å². The van der Waals surface area contributed by atoms with Gasteiger partial charge in [0.2, 0.25) is 11.2 Å². The van der Waals surface area contributed by atoms with Crippen LogP contribution < -0.4 is 5.43 Å². The van der Waals surface area contributed by atoms with Gasteiger partial charge in [0.05, 0.1) is 0 Å². The maximum atomic E-state index is 11.9. The van der Waals surface area contributed by atoms with Crippen molar-refractivity contribution in [2.45, 2.75) is 0 Å². The number of hydrogen-bond donors (Lipinski definition) is 0. The summed E-state index contributed by atoms with van der Waals surface area (Å²) in [6, 6.07) is 10.4. The van der Waals surface area contributed by atoms with Crippen LogP contribution in [0.2, 0.25) is 0 Å². The highest BCUT2D eigenvalue weighted by Crippen LogP contribution is 2.23. The van der Waals surface area contributed by atoms with Gasteiger partial charge in [-0.05, 0) is 22.2 Å². The minimum Gasteiger partial charge on any atom is -0.449 e. The Bertz CT molecular complexity index is 667. The number of benzene rings is 1. The van der Waals surface area contributed by atoms with Gasteiger partial charge in [-0.25, -0.2) is 4.79 Å². The molecule has 1 aromatic carbocycles. The van der Waals surface area contributed by atoms with Crippen LogP contribution in [0.4, 0.5) is 0 Å². The topological polar surface area (TPSA) is 56.5 Å². The average Bonchev–Trinajstić information content (AvgIpc) is 2.48. The number of hydrogen-bond acceptors (Lipinski definition) is 5. The van der Waals surface area contributed by atoms with Gasteiger partial charge in [0.25, 0.3) is 0 Å². The van der Waals surface area contributed by atoms with Gasteiger partial charge in [0.1, 0.15) is 16.2 Å². The van der Waals surface area contributed by atoms with E-state index >= 15 is 0 Å². The number of ether oxygens (including phenoxy) is 1. The van der Waals surface area contributed by atoms with Gasteiger partial charge >= 0.3 is 5.97 Å². The van der Waals surface area contributed by atoms with E-state index in [1.54, 1.807) is 18.4 Å². The number of carbonyl (C=O) groups is 1. The van der Waals surface area contributed by atoms with E-state index in [4.69, 9.17) is 9.15 Å². The molecule has 0 saturated heterocycles. The first-order chi connectivity index (χ1) is 9.63. The van der Waals surface area contributed by atoms with Crippen LogP contribution in [0.5, 0.6) is 0 Å². The van der Waals surface area contributed by atoms with Crippen molar-refractivity contribution in [1.29, 1.82) is 0 Å². The van der Waals surface area contributed by atoms with Crippen LogP contribution in [0.1, 0.15) is 10.6 Å². The summed E-state index contributed by atoms with van der Waals surface area (Å²) in [5, 5.41) is 0. The third kappa shape index (κ3) is 3.32. The van der Waals surface area contributed by atoms with Crippen molar-refractivity contribution in [3.63, 3.8) is 0 Å². The number of esters is 1. The second kappa shape index (κ2) is 6.76. The molecule has 0 bridgehead atoms. The van der Waals surface area contributed by atoms with Crippen molar-refractivity contribution in [3.8, 4) is 11.3 Å². The van der Waals surface area contributed by atoms with Crippen molar-refractivity contribution in [2.75, 3.05) is 12.2 Å². The summed E-state index contributed by atoms with van der Waals surface area (Å²) in [7, 11) is 0. The van der Waals surface area contributed by atoms with Crippen LogP contribution in [0.3, 0.4) is 0 Å². The van der Waals surface area contributed by atoms with E-state index < -0.39 is 5.97 Å². The molecule has 0 N–H and O–H groups in total. The fourth-order valence-electron chi connectivity index (χ4n) is 1.53. The molecule has 0 fully saturated rings. The SMILES string of the molecule is CSCOC(=O)c1oc(-c2ccccc2)cc(=O)c1Br. The standard InChI is InChI=1S/C14H11BrO4S/c1-20-8-18-14(17)13-12(15)10(16)7-11(19-13)9-5-3-2-4-6-9/h2-7H,8H2,1H3. The van der Waals surface area contributed by atoms with Gasteiger partial charge < -0.3 is 9.15 Å². The van der Waals surface area contributed by atoms with Gasteiger partial charge in [-0.2, -0.15) is 0 Å². The van der Waals surface area contributed by atoms with E-state index in [0.29, 0.717) is 5.76 Å². The minimum atomic E-state index is -0.666.